The summed E-state index contributed by atoms with van der Waals surface area (Å²) < 4.78 is 0. The predicted octanol–water partition coefficient (Wildman–Crippen LogP) is 4.52. The number of hydrogen-bond donors (Lipinski definition) is 2. The fraction of sp³-hybridized carbons (Fsp3) is 0.300. The lowest BCUT2D eigenvalue weighted by Crippen LogP contribution is -2.05. The van der Waals surface area contributed by atoms with Crippen molar-refractivity contribution >= 4 is 23.2 Å². The zero-order valence-corrected chi connectivity index (χ0v) is 15.3. The summed E-state index contributed by atoms with van der Waals surface area (Å²) in [7, 11) is 0. The van der Waals surface area contributed by atoms with Gasteiger partial charge in [-0.3, -0.25) is 9.59 Å². The molecule has 2 N–H and O–H groups in total. The van der Waals surface area contributed by atoms with Crippen molar-refractivity contribution in [3.05, 3.63) is 58.7 Å². The topological polar surface area (TPSA) is 58.2 Å². The van der Waals surface area contributed by atoms with Crippen molar-refractivity contribution in [2.24, 2.45) is 0 Å². The molecule has 0 fully saturated rings. The van der Waals surface area contributed by atoms with Crippen LogP contribution in [-0.2, 0) is 9.59 Å². The Balaban J connectivity index is 0.000000240. The number of carbonyl (C=O) groups excluding carboxylic acids is 2. The lowest BCUT2D eigenvalue weighted by molar-refractivity contribution is -0.115. The minimum atomic E-state index is -0.0278. The maximum atomic E-state index is 10.7. The molecule has 24 heavy (non-hydrogen) atoms. The highest BCUT2D eigenvalue weighted by Gasteiger charge is 1.97. The van der Waals surface area contributed by atoms with Crippen LogP contribution < -0.4 is 10.6 Å². The lowest BCUT2D eigenvalue weighted by Gasteiger charge is -2.04. The molecule has 2 aromatic carbocycles. The van der Waals surface area contributed by atoms with Crippen LogP contribution in [0, 0.1) is 27.7 Å². The number of aryl methyl sites for hydroxylation is 4. The van der Waals surface area contributed by atoms with E-state index in [-0.39, 0.29) is 11.8 Å². The Bertz CT molecular complexity index is 632. The summed E-state index contributed by atoms with van der Waals surface area (Å²) in [4.78, 5) is 21.4. The van der Waals surface area contributed by atoms with E-state index in [9.17, 15) is 9.59 Å². The fourth-order valence-corrected chi connectivity index (χ4v) is 2.50. The van der Waals surface area contributed by atoms with Gasteiger partial charge in [-0.15, -0.1) is 0 Å². The first-order valence-corrected chi connectivity index (χ1v) is 7.87. The summed E-state index contributed by atoms with van der Waals surface area (Å²) in [6.45, 7) is 11.1. The van der Waals surface area contributed by atoms with Gasteiger partial charge in [-0.05, 0) is 74.2 Å². The van der Waals surface area contributed by atoms with E-state index in [0.29, 0.717) is 0 Å². The minimum Gasteiger partial charge on any atom is -0.326 e. The average Bonchev–Trinajstić information content (AvgIpc) is 2.34. The number of hydrogen-bond acceptors (Lipinski definition) is 2. The normalized spacial score (nSPS) is 9.58. The highest BCUT2D eigenvalue weighted by molar-refractivity contribution is 5.89. The molecular weight excluding hydrogens is 300 g/mol. The van der Waals surface area contributed by atoms with Gasteiger partial charge in [0.25, 0.3) is 0 Å². The van der Waals surface area contributed by atoms with E-state index in [1.54, 1.807) is 0 Å². The Morgan fingerprint density at radius 2 is 0.833 bits per heavy atom. The zero-order chi connectivity index (χ0) is 18.3. The first kappa shape index (κ1) is 19.4. The SMILES string of the molecule is CC(=O)Nc1cc(C)cc(C)c1.CC(=O)Nc1cc(C)cc(C)c1. The summed E-state index contributed by atoms with van der Waals surface area (Å²) in [6.07, 6.45) is 0. The van der Waals surface area contributed by atoms with Crippen molar-refractivity contribution in [1.29, 1.82) is 0 Å². The van der Waals surface area contributed by atoms with Crippen LogP contribution in [0.25, 0.3) is 0 Å². The molecule has 2 aromatic rings. The molecule has 0 aromatic heterocycles. The first-order chi connectivity index (χ1) is 11.2. The Morgan fingerprint density at radius 1 is 0.583 bits per heavy atom. The van der Waals surface area contributed by atoms with E-state index in [1.165, 1.54) is 36.1 Å². The number of carbonyl (C=O) groups is 2. The maximum absolute atomic E-state index is 10.7. The Labute approximate surface area is 144 Å². The molecule has 0 heterocycles. The van der Waals surface area contributed by atoms with Gasteiger partial charge in [-0.25, -0.2) is 0 Å². The van der Waals surface area contributed by atoms with Crippen molar-refractivity contribution in [3.63, 3.8) is 0 Å². The summed E-state index contributed by atoms with van der Waals surface area (Å²) >= 11 is 0. The van der Waals surface area contributed by atoms with Gasteiger partial charge in [-0.1, -0.05) is 12.1 Å². The van der Waals surface area contributed by atoms with Crippen LogP contribution in [0.3, 0.4) is 0 Å². The van der Waals surface area contributed by atoms with Gasteiger partial charge >= 0.3 is 0 Å². The second-order valence-corrected chi connectivity index (χ2v) is 6.12. The number of rotatable bonds is 2. The molecule has 2 amide bonds. The molecular formula is C20H26N2O2. The third kappa shape index (κ3) is 7.58. The molecule has 0 aliphatic carbocycles. The third-order valence-corrected chi connectivity index (χ3v) is 3.08. The van der Waals surface area contributed by atoms with E-state index >= 15 is 0 Å². The molecule has 2 rings (SSSR count). The van der Waals surface area contributed by atoms with Crippen molar-refractivity contribution in [2.75, 3.05) is 10.6 Å². The molecule has 4 nitrogen and oxygen atoms in total. The zero-order valence-electron chi connectivity index (χ0n) is 15.3. The van der Waals surface area contributed by atoms with Gasteiger partial charge in [0.05, 0.1) is 0 Å². The monoisotopic (exact) mass is 326 g/mol. The molecule has 0 spiro atoms. The van der Waals surface area contributed by atoms with Crippen LogP contribution in [0.2, 0.25) is 0 Å². The van der Waals surface area contributed by atoms with Gasteiger partial charge in [0.15, 0.2) is 0 Å². The molecule has 128 valence electrons. The summed E-state index contributed by atoms with van der Waals surface area (Å²) in [5.41, 5.74) is 6.41. The molecule has 0 atom stereocenters. The third-order valence-electron chi connectivity index (χ3n) is 3.08. The molecule has 0 radical (unpaired) electrons. The van der Waals surface area contributed by atoms with Gasteiger partial charge in [-0.2, -0.15) is 0 Å². The van der Waals surface area contributed by atoms with Crippen LogP contribution in [0.5, 0.6) is 0 Å². The molecule has 0 unspecified atom stereocenters. The highest BCUT2D eigenvalue weighted by atomic mass is 16.2. The van der Waals surface area contributed by atoms with E-state index < -0.39 is 0 Å². The highest BCUT2D eigenvalue weighted by Crippen LogP contribution is 2.14. The Kier molecular flexibility index (Phi) is 7.18. The fourth-order valence-electron chi connectivity index (χ4n) is 2.50. The summed E-state index contributed by atoms with van der Waals surface area (Å²) in [6, 6.07) is 12.0. The molecule has 0 saturated heterocycles. The number of anilines is 2. The van der Waals surface area contributed by atoms with E-state index in [1.807, 2.05) is 52.0 Å². The number of nitrogens with one attached hydrogen (secondary N) is 2. The smallest absolute Gasteiger partial charge is 0.221 e. The first-order valence-electron chi connectivity index (χ1n) is 7.87. The van der Waals surface area contributed by atoms with Crippen LogP contribution in [-0.4, -0.2) is 11.8 Å². The van der Waals surface area contributed by atoms with Crippen LogP contribution in [0.4, 0.5) is 11.4 Å². The second kappa shape index (κ2) is 8.87. The lowest BCUT2D eigenvalue weighted by atomic mass is 10.1. The van der Waals surface area contributed by atoms with Crippen LogP contribution >= 0.6 is 0 Å². The Hall–Kier alpha value is -2.62. The van der Waals surface area contributed by atoms with Crippen molar-refractivity contribution < 1.29 is 9.59 Å². The second-order valence-electron chi connectivity index (χ2n) is 6.12. The van der Waals surface area contributed by atoms with Gasteiger partial charge in [0.2, 0.25) is 11.8 Å². The number of amides is 2. The molecule has 4 heteroatoms. The maximum Gasteiger partial charge on any atom is 0.221 e. The summed E-state index contributed by atoms with van der Waals surface area (Å²) in [5, 5.41) is 5.50. The number of benzene rings is 2. The molecule has 0 saturated carbocycles. The van der Waals surface area contributed by atoms with Crippen LogP contribution in [0.1, 0.15) is 36.1 Å². The molecule has 0 aliphatic rings. The molecule has 0 bridgehead atoms. The standard InChI is InChI=1S/2C10H13NO/c2*1-7-4-8(2)6-10(5-7)11-9(3)12/h2*4-6H,1-3H3,(H,11,12). The summed E-state index contributed by atoms with van der Waals surface area (Å²) in [5.74, 6) is -0.0556. The van der Waals surface area contributed by atoms with Gasteiger partial charge in [0, 0.05) is 25.2 Å². The average molecular weight is 326 g/mol. The largest absolute Gasteiger partial charge is 0.326 e. The van der Waals surface area contributed by atoms with Crippen molar-refractivity contribution in [2.45, 2.75) is 41.5 Å². The van der Waals surface area contributed by atoms with Gasteiger partial charge in [0.1, 0.15) is 0 Å². The van der Waals surface area contributed by atoms with E-state index in [0.717, 1.165) is 11.4 Å². The van der Waals surface area contributed by atoms with Crippen molar-refractivity contribution in [1.82, 2.24) is 0 Å². The minimum absolute atomic E-state index is 0.0278. The predicted molar refractivity (Wildman–Crippen MR) is 100 cm³/mol. The van der Waals surface area contributed by atoms with Crippen LogP contribution in [0.15, 0.2) is 36.4 Å². The molecule has 0 aliphatic heterocycles. The van der Waals surface area contributed by atoms with E-state index in [2.05, 4.69) is 22.8 Å². The van der Waals surface area contributed by atoms with Crippen molar-refractivity contribution in [3.8, 4) is 0 Å². The van der Waals surface area contributed by atoms with E-state index in [4.69, 9.17) is 0 Å². The Morgan fingerprint density at radius 3 is 1.04 bits per heavy atom. The van der Waals surface area contributed by atoms with Gasteiger partial charge < -0.3 is 10.6 Å². The quantitative estimate of drug-likeness (QED) is 0.852.